The molecule has 0 spiro atoms. The molecule has 3 nitrogen and oxygen atoms in total. The average Bonchev–Trinajstić information content (AvgIpc) is 2.68. The van der Waals surface area contributed by atoms with Crippen molar-refractivity contribution < 1.29 is 9.84 Å². The molecule has 2 saturated carbocycles. The molecule has 4 atom stereocenters. The molecule has 0 aromatic carbocycles. The van der Waals surface area contributed by atoms with Crippen molar-refractivity contribution in [3.63, 3.8) is 0 Å². The van der Waals surface area contributed by atoms with Crippen LogP contribution in [0.4, 0.5) is 0 Å². The molecule has 2 N–H and O–H groups in total. The van der Waals surface area contributed by atoms with Crippen LogP contribution in [-0.4, -0.2) is 36.0 Å². The Balaban J connectivity index is 1.73. The molecule has 2 fully saturated rings. The summed E-state index contributed by atoms with van der Waals surface area (Å²) >= 11 is 0. The van der Waals surface area contributed by atoms with E-state index in [0.29, 0.717) is 30.1 Å². The van der Waals surface area contributed by atoms with E-state index >= 15 is 0 Å². The summed E-state index contributed by atoms with van der Waals surface area (Å²) in [5.41, 5.74) is 0.792. The maximum absolute atomic E-state index is 10.0. The quantitative estimate of drug-likeness (QED) is 0.790. The zero-order chi connectivity index (χ0) is 15.9. The number of hydrogen-bond donors (Lipinski definition) is 2. The van der Waals surface area contributed by atoms with Crippen molar-refractivity contribution in [1.82, 2.24) is 5.32 Å². The Bertz CT molecular complexity index is 361. The highest BCUT2D eigenvalue weighted by Crippen LogP contribution is 2.66. The zero-order valence-corrected chi connectivity index (χ0v) is 14.8. The Hall–Kier alpha value is -0.120. The van der Waals surface area contributed by atoms with Crippen molar-refractivity contribution in [3.05, 3.63) is 0 Å². The molecule has 0 radical (unpaired) electrons. The van der Waals surface area contributed by atoms with Gasteiger partial charge in [0.25, 0.3) is 0 Å². The van der Waals surface area contributed by atoms with E-state index in [1.165, 1.54) is 19.3 Å². The molecule has 0 aromatic heterocycles. The lowest BCUT2D eigenvalue weighted by molar-refractivity contribution is -0.0548. The van der Waals surface area contributed by atoms with Gasteiger partial charge >= 0.3 is 0 Å². The topological polar surface area (TPSA) is 41.5 Å². The minimum atomic E-state index is -0.316. The first-order valence-electron chi connectivity index (χ1n) is 8.61. The van der Waals surface area contributed by atoms with E-state index in [4.69, 9.17) is 4.74 Å². The standard InChI is InChI=1S/C18H35NO2/c1-16(2,3)19-12-14(20)8-10-21-15-11-13-7-9-18(15,6)17(13,4)5/h13-15,19-20H,7-12H2,1-6H3/t13-,14-,15+,18+/m0/s1. The molecular weight excluding hydrogens is 262 g/mol. The molecule has 3 heteroatoms. The Labute approximate surface area is 130 Å². The van der Waals surface area contributed by atoms with Crippen LogP contribution in [0.5, 0.6) is 0 Å². The second-order valence-electron chi connectivity index (χ2n) is 9.04. The fourth-order valence-corrected chi connectivity index (χ4v) is 4.25. The summed E-state index contributed by atoms with van der Waals surface area (Å²) < 4.78 is 6.19. The third-order valence-corrected chi connectivity index (χ3v) is 6.35. The summed E-state index contributed by atoms with van der Waals surface area (Å²) in [5.74, 6) is 0.819. The van der Waals surface area contributed by atoms with Crippen LogP contribution in [0.1, 0.15) is 67.2 Å². The van der Waals surface area contributed by atoms with E-state index in [1.807, 2.05) is 0 Å². The van der Waals surface area contributed by atoms with Gasteiger partial charge in [0.05, 0.1) is 12.2 Å². The lowest BCUT2D eigenvalue weighted by Crippen LogP contribution is -2.41. The largest absolute Gasteiger partial charge is 0.392 e. The van der Waals surface area contributed by atoms with Crippen LogP contribution >= 0.6 is 0 Å². The molecule has 124 valence electrons. The average molecular weight is 297 g/mol. The smallest absolute Gasteiger partial charge is 0.0686 e. The molecule has 2 aliphatic carbocycles. The van der Waals surface area contributed by atoms with Crippen molar-refractivity contribution in [2.24, 2.45) is 16.7 Å². The van der Waals surface area contributed by atoms with Gasteiger partial charge in [-0.05, 0) is 63.2 Å². The SMILES string of the molecule is CC(C)(C)NC[C@@H](O)CCO[C@@H]1C[C@@H]2CC[C@@]1(C)C2(C)C. The predicted octanol–water partition coefficient (Wildman–Crippen LogP) is 3.36. The van der Waals surface area contributed by atoms with E-state index < -0.39 is 0 Å². The van der Waals surface area contributed by atoms with E-state index in [-0.39, 0.29) is 11.6 Å². The van der Waals surface area contributed by atoms with Gasteiger partial charge in [-0.25, -0.2) is 0 Å². The molecular formula is C18H35NO2. The van der Waals surface area contributed by atoms with Crippen LogP contribution < -0.4 is 5.32 Å². The van der Waals surface area contributed by atoms with Crippen molar-refractivity contribution in [2.45, 2.75) is 85.0 Å². The molecule has 0 heterocycles. The van der Waals surface area contributed by atoms with E-state index in [9.17, 15) is 5.11 Å². The van der Waals surface area contributed by atoms with Gasteiger partial charge in [0.15, 0.2) is 0 Å². The summed E-state index contributed by atoms with van der Waals surface area (Å²) in [4.78, 5) is 0. The summed E-state index contributed by atoms with van der Waals surface area (Å²) in [6.07, 6.45) is 4.66. The van der Waals surface area contributed by atoms with Crippen molar-refractivity contribution in [3.8, 4) is 0 Å². The first-order valence-corrected chi connectivity index (χ1v) is 8.61. The highest BCUT2D eigenvalue weighted by atomic mass is 16.5. The van der Waals surface area contributed by atoms with Crippen LogP contribution in [0.25, 0.3) is 0 Å². The highest BCUT2D eigenvalue weighted by molar-refractivity contribution is 5.11. The van der Waals surface area contributed by atoms with Gasteiger partial charge in [0.2, 0.25) is 0 Å². The maximum atomic E-state index is 10.0. The van der Waals surface area contributed by atoms with Gasteiger partial charge in [-0.2, -0.15) is 0 Å². The van der Waals surface area contributed by atoms with Gasteiger partial charge in [0.1, 0.15) is 0 Å². The van der Waals surface area contributed by atoms with Crippen LogP contribution in [-0.2, 0) is 4.74 Å². The molecule has 0 aromatic rings. The molecule has 0 amide bonds. The van der Waals surface area contributed by atoms with Gasteiger partial charge in [-0.1, -0.05) is 20.8 Å². The molecule has 21 heavy (non-hydrogen) atoms. The first kappa shape index (κ1) is 17.2. The number of rotatable bonds is 6. The minimum absolute atomic E-state index is 0.0595. The highest BCUT2D eigenvalue weighted by Gasteiger charge is 2.61. The molecule has 0 aliphatic heterocycles. The maximum Gasteiger partial charge on any atom is 0.0686 e. The molecule has 0 saturated heterocycles. The Morgan fingerprint density at radius 2 is 1.95 bits per heavy atom. The number of aliphatic hydroxyl groups excluding tert-OH is 1. The van der Waals surface area contributed by atoms with Crippen LogP contribution in [0.3, 0.4) is 0 Å². The summed E-state index contributed by atoms with van der Waals surface area (Å²) in [6, 6.07) is 0. The summed E-state index contributed by atoms with van der Waals surface area (Å²) in [6.45, 7) is 14.9. The molecule has 2 rings (SSSR count). The Kier molecular flexibility index (Phi) is 4.78. The van der Waals surface area contributed by atoms with Gasteiger partial charge in [0, 0.05) is 18.7 Å². The van der Waals surface area contributed by atoms with E-state index in [1.54, 1.807) is 0 Å². The number of ether oxygens (including phenoxy) is 1. The Morgan fingerprint density at radius 3 is 2.43 bits per heavy atom. The molecule has 2 aliphatic rings. The summed E-state index contributed by atoms with van der Waals surface area (Å²) in [7, 11) is 0. The fraction of sp³-hybridized carbons (Fsp3) is 1.00. The van der Waals surface area contributed by atoms with Gasteiger partial charge in [-0.3, -0.25) is 0 Å². The van der Waals surface area contributed by atoms with Crippen LogP contribution in [0.2, 0.25) is 0 Å². The Morgan fingerprint density at radius 1 is 1.29 bits per heavy atom. The fourth-order valence-electron chi connectivity index (χ4n) is 4.25. The second kappa shape index (κ2) is 5.82. The zero-order valence-electron chi connectivity index (χ0n) is 14.8. The third-order valence-electron chi connectivity index (χ3n) is 6.35. The van der Waals surface area contributed by atoms with Gasteiger partial charge in [-0.15, -0.1) is 0 Å². The third kappa shape index (κ3) is 3.46. The van der Waals surface area contributed by atoms with Crippen LogP contribution in [0, 0.1) is 16.7 Å². The number of hydrogen-bond acceptors (Lipinski definition) is 3. The minimum Gasteiger partial charge on any atom is -0.392 e. The molecule has 0 unspecified atom stereocenters. The van der Waals surface area contributed by atoms with E-state index in [0.717, 1.165) is 12.3 Å². The number of aliphatic hydroxyl groups is 1. The normalized spacial score (nSPS) is 36.1. The second-order valence-corrected chi connectivity index (χ2v) is 9.04. The van der Waals surface area contributed by atoms with Crippen molar-refractivity contribution >= 4 is 0 Å². The monoisotopic (exact) mass is 297 g/mol. The lowest BCUT2D eigenvalue weighted by atomic mass is 9.70. The number of nitrogens with one attached hydrogen (secondary N) is 1. The van der Waals surface area contributed by atoms with Gasteiger partial charge < -0.3 is 15.2 Å². The lowest BCUT2D eigenvalue weighted by Gasteiger charge is -2.39. The van der Waals surface area contributed by atoms with Crippen molar-refractivity contribution in [2.75, 3.05) is 13.2 Å². The predicted molar refractivity (Wildman–Crippen MR) is 87.3 cm³/mol. The van der Waals surface area contributed by atoms with E-state index in [2.05, 4.69) is 46.9 Å². The van der Waals surface area contributed by atoms with Crippen molar-refractivity contribution in [1.29, 1.82) is 0 Å². The first-order chi connectivity index (χ1) is 9.56. The van der Waals surface area contributed by atoms with Crippen LogP contribution in [0.15, 0.2) is 0 Å². The number of fused-ring (bicyclic) bond motifs is 2. The molecule has 2 bridgehead atoms. The summed E-state index contributed by atoms with van der Waals surface area (Å²) in [5, 5.41) is 13.4. The number of β-amino-alcohol motifs (C(OH)–C–C–N with tert-alkyl or cyclic N) is 1.